The Bertz CT molecular complexity index is 281. The second kappa shape index (κ2) is 5.28. The van der Waals surface area contributed by atoms with Crippen molar-refractivity contribution >= 4 is 0 Å². The molecule has 3 aliphatic heterocycles. The van der Waals surface area contributed by atoms with Crippen LogP contribution in [0, 0.1) is 16.2 Å². The third-order valence-corrected chi connectivity index (χ3v) is 7.42. The van der Waals surface area contributed by atoms with E-state index in [1.54, 1.807) is 0 Å². The molecule has 0 aromatic heterocycles. The lowest BCUT2D eigenvalue weighted by atomic mass is 9.56. The SMILES string of the molecule is CCC(C)(CC)C12CCC(C(C)(CC)CC)(OC1)OC2. The van der Waals surface area contributed by atoms with Crippen molar-refractivity contribution in [1.29, 1.82) is 0 Å². The summed E-state index contributed by atoms with van der Waals surface area (Å²) in [5.41, 5.74) is 0.726. The van der Waals surface area contributed by atoms with Crippen LogP contribution in [0.5, 0.6) is 0 Å². The van der Waals surface area contributed by atoms with Crippen LogP contribution in [0.3, 0.4) is 0 Å². The zero-order valence-electron chi connectivity index (χ0n) is 14.5. The molecule has 118 valence electrons. The van der Waals surface area contributed by atoms with Gasteiger partial charge in [-0.25, -0.2) is 0 Å². The second-order valence-corrected chi connectivity index (χ2v) is 7.65. The quantitative estimate of drug-likeness (QED) is 0.669. The van der Waals surface area contributed by atoms with E-state index in [1.807, 2.05) is 0 Å². The normalized spacial score (nSPS) is 34.5. The second-order valence-electron chi connectivity index (χ2n) is 7.65. The van der Waals surface area contributed by atoms with Crippen LogP contribution in [0.1, 0.15) is 80.1 Å². The molecule has 2 heteroatoms. The number of hydrogen-bond acceptors (Lipinski definition) is 2. The summed E-state index contributed by atoms with van der Waals surface area (Å²) < 4.78 is 12.9. The lowest BCUT2D eigenvalue weighted by molar-refractivity contribution is -0.398. The van der Waals surface area contributed by atoms with Crippen molar-refractivity contribution in [1.82, 2.24) is 0 Å². The average molecular weight is 282 g/mol. The molecule has 3 fully saturated rings. The Morgan fingerprint density at radius 2 is 1.20 bits per heavy atom. The van der Waals surface area contributed by atoms with Gasteiger partial charge in [-0.15, -0.1) is 0 Å². The Morgan fingerprint density at radius 3 is 1.50 bits per heavy atom. The molecule has 0 saturated carbocycles. The first kappa shape index (κ1) is 16.3. The highest BCUT2D eigenvalue weighted by atomic mass is 16.7. The molecular weight excluding hydrogens is 248 g/mol. The van der Waals surface area contributed by atoms with E-state index in [1.165, 1.54) is 19.3 Å². The summed E-state index contributed by atoms with van der Waals surface area (Å²) in [6.07, 6.45) is 7.00. The number of hydrogen-bond donors (Lipinski definition) is 0. The predicted octanol–water partition coefficient (Wildman–Crippen LogP) is 5.16. The van der Waals surface area contributed by atoms with E-state index in [0.717, 1.165) is 32.5 Å². The van der Waals surface area contributed by atoms with E-state index in [9.17, 15) is 0 Å². The highest BCUT2D eigenvalue weighted by Gasteiger charge is 2.62. The van der Waals surface area contributed by atoms with Crippen LogP contribution >= 0.6 is 0 Å². The number of ether oxygens (including phenoxy) is 2. The van der Waals surface area contributed by atoms with Gasteiger partial charge in [-0.2, -0.15) is 0 Å². The number of fused-ring (bicyclic) bond motifs is 3. The lowest BCUT2D eigenvalue weighted by Crippen LogP contribution is -2.65. The first-order chi connectivity index (χ1) is 9.36. The summed E-state index contributed by atoms with van der Waals surface area (Å²) in [5.74, 6) is -0.319. The van der Waals surface area contributed by atoms with Crippen LogP contribution < -0.4 is 0 Å². The molecule has 3 rings (SSSR count). The van der Waals surface area contributed by atoms with Crippen LogP contribution in [-0.2, 0) is 9.47 Å². The Kier molecular flexibility index (Phi) is 4.30. The maximum absolute atomic E-state index is 6.44. The summed E-state index contributed by atoms with van der Waals surface area (Å²) in [4.78, 5) is 0. The van der Waals surface area contributed by atoms with Crippen molar-refractivity contribution in [2.75, 3.05) is 13.2 Å². The van der Waals surface area contributed by atoms with Gasteiger partial charge in [0.05, 0.1) is 13.2 Å². The third-order valence-electron chi connectivity index (χ3n) is 7.42. The molecule has 0 amide bonds. The summed E-state index contributed by atoms with van der Waals surface area (Å²) in [6, 6.07) is 0. The van der Waals surface area contributed by atoms with Crippen molar-refractivity contribution < 1.29 is 9.47 Å². The van der Waals surface area contributed by atoms with Gasteiger partial charge in [0.25, 0.3) is 0 Å². The van der Waals surface area contributed by atoms with Crippen molar-refractivity contribution in [3.05, 3.63) is 0 Å². The molecule has 0 spiro atoms. The average Bonchev–Trinajstić information content (AvgIpc) is 2.54. The van der Waals surface area contributed by atoms with E-state index in [4.69, 9.17) is 9.47 Å². The van der Waals surface area contributed by atoms with Gasteiger partial charge >= 0.3 is 0 Å². The molecule has 3 heterocycles. The fraction of sp³-hybridized carbons (Fsp3) is 1.00. The molecule has 0 aromatic rings. The van der Waals surface area contributed by atoms with Gasteiger partial charge in [0.15, 0.2) is 5.79 Å². The fourth-order valence-corrected chi connectivity index (χ4v) is 4.37. The molecule has 0 unspecified atom stereocenters. The zero-order chi connectivity index (χ0) is 15.1. The molecular formula is C18H34O2. The predicted molar refractivity (Wildman–Crippen MR) is 83.7 cm³/mol. The van der Waals surface area contributed by atoms with Gasteiger partial charge in [-0.3, -0.25) is 0 Å². The Balaban J connectivity index is 2.23. The van der Waals surface area contributed by atoms with E-state index in [2.05, 4.69) is 41.5 Å². The van der Waals surface area contributed by atoms with Gasteiger partial charge < -0.3 is 9.47 Å². The van der Waals surface area contributed by atoms with Crippen molar-refractivity contribution in [3.63, 3.8) is 0 Å². The molecule has 20 heavy (non-hydrogen) atoms. The van der Waals surface area contributed by atoms with Gasteiger partial charge in [-0.05, 0) is 24.7 Å². The minimum Gasteiger partial charge on any atom is -0.349 e. The van der Waals surface area contributed by atoms with Crippen LogP contribution in [0.25, 0.3) is 0 Å². The molecule has 0 N–H and O–H groups in total. The summed E-state index contributed by atoms with van der Waals surface area (Å²) in [5, 5.41) is 0. The molecule has 0 aromatic carbocycles. The molecule has 3 aliphatic rings. The van der Waals surface area contributed by atoms with Crippen molar-refractivity contribution in [3.8, 4) is 0 Å². The lowest BCUT2D eigenvalue weighted by Gasteiger charge is -2.63. The molecule has 2 bridgehead atoms. The fourth-order valence-electron chi connectivity index (χ4n) is 4.37. The van der Waals surface area contributed by atoms with E-state index in [-0.39, 0.29) is 16.6 Å². The summed E-state index contributed by atoms with van der Waals surface area (Å²) in [7, 11) is 0. The smallest absolute Gasteiger partial charge is 0.173 e. The monoisotopic (exact) mass is 282 g/mol. The van der Waals surface area contributed by atoms with Gasteiger partial charge in [-0.1, -0.05) is 54.4 Å². The largest absolute Gasteiger partial charge is 0.349 e. The minimum atomic E-state index is -0.319. The van der Waals surface area contributed by atoms with Crippen LogP contribution in [0.2, 0.25) is 0 Å². The number of rotatable bonds is 6. The Morgan fingerprint density at radius 1 is 0.750 bits per heavy atom. The highest BCUT2D eigenvalue weighted by Crippen LogP contribution is 2.60. The Hall–Kier alpha value is -0.0800. The molecule has 0 radical (unpaired) electrons. The first-order valence-corrected chi connectivity index (χ1v) is 8.64. The third kappa shape index (κ3) is 1.98. The van der Waals surface area contributed by atoms with Gasteiger partial charge in [0, 0.05) is 17.3 Å². The summed E-state index contributed by atoms with van der Waals surface area (Å²) in [6.45, 7) is 15.7. The molecule has 0 aliphatic carbocycles. The Labute approximate surface area is 125 Å². The van der Waals surface area contributed by atoms with Gasteiger partial charge in [0.1, 0.15) is 0 Å². The maximum atomic E-state index is 6.44. The van der Waals surface area contributed by atoms with Crippen molar-refractivity contribution in [2.24, 2.45) is 16.2 Å². The van der Waals surface area contributed by atoms with Gasteiger partial charge in [0.2, 0.25) is 0 Å². The van der Waals surface area contributed by atoms with Crippen LogP contribution in [-0.4, -0.2) is 19.0 Å². The van der Waals surface area contributed by atoms with E-state index >= 15 is 0 Å². The molecule has 0 atom stereocenters. The van der Waals surface area contributed by atoms with Crippen LogP contribution in [0.4, 0.5) is 0 Å². The van der Waals surface area contributed by atoms with E-state index in [0.29, 0.717) is 5.41 Å². The van der Waals surface area contributed by atoms with Crippen LogP contribution in [0.15, 0.2) is 0 Å². The maximum Gasteiger partial charge on any atom is 0.173 e. The highest BCUT2D eigenvalue weighted by molar-refractivity contribution is 5.05. The zero-order valence-corrected chi connectivity index (χ0v) is 14.5. The topological polar surface area (TPSA) is 18.5 Å². The molecule has 3 saturated heterocycles. The minimum absolute atomic E-state index is 0.147. The van der Waals surface area contributed by atoms with E-state index < -0.39 is 0 Å². The molecule has 2 nitrogen and oxygen atoms in total. The first-order valence-electron chi connectivity index (χ1n) is 8.64. The van der Waals surface area contributed by atoms with Crippen molar-refractivity contribution in [2.45, 2.75) is 85.9 Å². The standard InChI is InChI=1S/C18H34O2/c1-7-15(5,8-2)17-11-12-18(19-13-17,20-14-17)16(6,9-3)10-4/h7-14H2,1-6H3. The summed E-state index contributed by atoms with van der Waals surface area (Å²) >= 11 is 0.